The highest BCUT2D eigenvalue weighted by Gasteiger charge is 2.17. The molecule has 0 amide bonds. The van der Waals surface area contributed by atoms with Crippen LogP contribution in [0.15, 0.2) is 24.3 Å². The highest BCUT2D eigenvalue weighted by Crippen LogP contribution is 2.22. The summed E-state index contributed by atoms with van der Waals surface area (Å²) in [6.45, 7) is 6.63. The summed E-state index contributed by atoms with van der Waals surface area (Å²) in [5.41, 5.74) is 2.93. The second-order valence-corrected chi connectivity index (χ2v) is 5.16. The van der Waals surface area contributed by atoms with Gasteiger partial charge < -0.3 is 0 Å². The second-order valence-electron chi connectivity index (χ2n) is 5.16. The molecular formula is C17H16F2O. The normalized spacial score (nSPS) is 10.7. The summed E-state index contributed by atoms with van der Waals surface area (Å²) in [5.74, 6) is -0.858. The van der Waals surface area contributed by atoms with Crippen molar-refractivity contribution in [1.82, 2.24) is 0 Å². The predicted molar refractivity (Wildman–Crippen MR) is 75.2 cm³/mol. The van der Waals surface area contributed by atoms with E-state index < -0.39 is 0 Å². The Morgan fingerprint density at radius 3 is 1.40 bits per heavy atom. The molecule has 0 N–H and O–H groups in total. The minimum absolute atomic E-state index is 0.203. The van der Waals surface area contributed by atoms with Gasteiger partial charge in [-0.1, -0.05) is 0 Å². The van der Waals surface area contributed by atoms with Crippen LogP contribution in [-0.4, -0.2) is 5.78 Å². The van der Waals surface area contributed by atoms with Crippen molar-refractivity contribution in [1.29, 1.82) is 0 Å². The molecule has 0 spiro atoms. The number of carbonyl (C=O) groups is 1. The van der Waals surface area contributed by atoms with E-state index in [-0.39, 0.29) is 17.4 Å². The molecule has 104 valence electrons. The molecule has 0 heterocycles. The number of carbonyl (C=O) groups excluding carboxylic acids is 1. The SMILES string of the molecule is Cc1cc(C(=O)c2cc(C)c(F)cc2C)c(C)cc1F. The molecule has 0 saturated carbocycles. The van der Waals surface area contributed by atoms with Crippen molar-refractivity contribution in [3.8, 4) is 0 Å². The van der Waals surface area contributed by atoms with Crippen LogP contribution in [0.2, 0.25) is 0 Å². The quantitative estimate of drug-likeness (QED) is 0.740. The summed E-state index contributed by atoms with van der Waals surface area (Å²) in [4.78, 5) is 12.6. The van der Waals surface area contributed by atoms with Gasteiger partial charge in [0.15, 0.2) is 5.78 Å². The van der Waals surface area contributed by atoms with Crippen molar-refractivity contribution < 1.29 is 13.6 Å². The third-order valence-corrected chi connectivity index (χ3v) is 3.50. The van der Waals surface area contributed by atoms with E-state index in [4.69, 9.17) is 0 Å². The Kier molecular flexibility index (Phi) is 3.71. The summed E-state index contributed by atoms with van der Waals surface area (Å²) in [6.07, 6.45) is 0. The number of hydrogen-bond donors (Lipinski definition) is 0. The largest absolute Gasteiger partial charge is 0.289 e. The molecule has 0 fully saturated rings. The number of rotatable bonds is 2. The maximum Gasteiger partial charge on any atom is 0.193 e. The molecule has 0 bridgehead atoms. The van der Waals surface area contributed by atoms with Crippen molar-refractivity contribution >= 4 is 5.78 Å². The Balaban J connectivity index is 2.57. The molecule has 0 aliphatic heterocycles. The van der Waals surface area contributed by atoms with Gasteiger partial charge in [-0.15, -0.1) is 0 Å². The first kappa shape index (κ1) is 14.4. The van der Waals surface area contributed by atoms with E-state index in [1.807, 2.05) is 0 Å². The van der Waals surface area contributed by atoms with Crippen molar-refractivity contribution in [2.45, 2.75) is 27.7 Å². The van der Waals surface area contributed by atoms with Gasteiger partial charge in [-0.3, -0.25) is 4.79 Å². The van der Waals surface area contributed by atoms with Crippen molar-refractivity contribution in [2.75, 3.05) is 0 Å². The molecule has 3 heteroatoms. The van der Waals surface area contributed by atoms with Gasteiger partial charge in [0, 0.05) is 11.1 Å². The first-order valence-corrected chi connectivity index (χ1v) is 6.39. The fourth-order valence-corrected chi connectivity index (χ4v) is 2.20. The van der Waals surface area contributed by atoms with Crippen LogP contribution in [0.25, 0.3) is 0 Å². The first-order chi connectivity index (χ1) is 9.31. The molecule has 2 aromatic rings. The summed E-state index contributed by atoms with van der Waals surface area (Å²) in [7, 11) is 0. The van der Waals surface area contributed by atoms with Crippen LogP contribution >= 0.6 is 0 Å². The molecule has 20 heavy (non-hydrogen) atoms. The Hall–Kier alpha value is -2.03. The average molecular weight is 274 g/mol. The zero-order chi connectivity index (χ0) is 15.0. The summed E-state index contributed by atoms with van der Waals surface area (Å²) >= 11 is 0. The van der Waals surface area contributed by atoms with Crippen molar-refractivity contribution in [3.63, 3.8) is 0 Å². The lowest BCUT2D eigenvalue weighted by atomic mass is 9.93. The highest BCUT2D eigenvalue weighted by atomic mass is 19.1. The maximum absolute atomic E-state index is 13.5. The van der Waals surface area contributed by atoms with Gasteiger partial charge in [0.25, 0.3) is 0 Å². The number of benzene rings is 2. The van der Waals surface area contributed by atoms with Gasteiger partial charge in [0.2, 0.25) is 0 Å². The fourth-order valence-electron chi connectivity index (χ4n) is 2.20. The Morgan fingerprint density at radius 2 is 1.05 bits per heavy atom. The fraction of sp³-hybridized carbons (Fsp3) is 0.235. The first-order valence-electron chi connectivity index (χ1n) is 6.39. The third kappa shape index (κ3) is 2.48. The number of ketones is 1. The third-order valence-electron chi connectivity index (χ3n) is 3.50. The van der Waals surface area contributed by atoms with Gasteiger partial charge >= 0.3 is 0 Å². The van der Waals surface area contributed by atoms with Crippen LogP contribution in [0.1, 0.15) is 38.2 Å². The lowest BCUT2D eigenvalue weighted by Crippen LogP contribution is -2.08. The maximum atomic E-state index is 13.5. The molecule has 0 atom stereocenters. The Morgan fingerprint density at radius 1 is 0.700 bits per heavy atom. The average Bonchev–Trinajstić information content (AvgIpc) is 2.37. The van der Waals surface area contributed by atoms with Crippen molar-refractivity contribution in [2.24, 2.45) is 0 Å². The monoisotopic (exact) mass is 274 g/mol. The van der Waals surface area contributed by atoms with Crippen LogP contribution in [0.4, 0.5) is 8.78 Å². The van der Waals surface area contributed by atoms with E-state index >= 15 is 0 Å². The van der Waals surface area contributed by atoms with E-state index in [0.717, 1.165) is 0 Å². The van der Waals surface area contributed by atoms with E-state index in [2.05, 4.69) is 0 Å². The van der Waals surface area contributed by atoms with Gasteiger partial charge in [-0.05, 0) is 74.2 Å². The van der Waals surface area contributed by atoms with Crippen LogP contribution in [0.5, 0.6) is 0 Å². The molecule has 0 unspecified atom stereocenters. The summed E-state index contributed by atoms with van der Waals surface area (Å²) in [5, 5.41) is 0. The Bertz CT molecular complexity index is 643. The van der Waals surface area contributed by atoms with Crippen LogP contribution < -0.4 is 0 Å². The zero-order valence-corrected chi connectivity index (χ0v) is 12.0. The molecule has 0 aromatic heterocycles. The second kappa shape index (κ2) is 5.16. The predicted octanol–water partition coefficient (Wildman–Crippen LogP) is 4.43. The van der Waals surface area contributed by atoms with Gasteiger partial charge in [-0.2, -0.15) is 0 Å². The molecule has 0 aliphatic carbocycles. The minimum Gasteiger partial charge on any atom is -0.289 e. The number of hydrogen-bond acceptors (Lipinski definition) is 1. The molecule has 1 nitrogen and oxygen atoms in total. The smallest absolute Gasteiger partial charge is 0.193 e. The van der Waals surface area contributed by atoms with Crippen LogP contribution in [0.3, 0.4) is 0 Å². The Labute approximate surface area is 117 Å². The molecule has 2 aromatic carbocycles. The molecule has 0 saturated heterocycles. The summed E-state index contributed by atoms with van der Waals surface area (Å²) < 4.78 is 26.9. The van der Waals surface area contributed by atoms with E-state index in [9.17, 15) is 13.6 Å². The minimum atomic E-state index is -0.328. The number of halogens is 2. The van der Waals surface area contributed by atoms with Crippen molar-refractivity contribution in [3.05, 3.63) is 69.3 Å². The van der Waals surface area contributed by atoms with E-state index in [1.54, 1.807) is 39.8 Å². The number of aryl methyl sites for hydroxylation is 4. The topological polar surface area (TPSA) is 17.1 Å². The summed E-state index contributed by atoms with van der Waals surface area (Å²) in [6, 6.07) is 5.80. The van der Waals surface area contributed by atoms with Crippen LogP contribution in [0, 0.1) is 39.3 Å². The lowest BCUT2D eigenvalue weighted by molar-refractivity contribution is 0.103. The molecule has 2 rings (SSSR count). The molecule has 0 radical (unpaired) electrons. The molecule has 0 aliphatic rings. The molecular weight excluding hydrogens is 258 g/mol. The zero-order valence-electron chi connectivity index (χ0n) is 12.0. The van der Waals surface area contributed by atoms with Gasteiger partial charge in [-0.25, -0.2) is 8.78 Å². The van der Waals surface area contributed by atoms with Crippen LogP contribution in [-0.2, 0) is 0 Å². The van der Waals surface area contributed by atoms with E-state index in [1.165, 1.54) is 12.1 Å². The standard InChI is InChI=1S/C17H16F2O/c1-9-7-15(18)11(3)5-13(9)17(20)14-6-12(4)16(19)8-10(14)2/h5-8H,1-4H3. The lowest BCUT2D eigenvalue weighted by Gasteiger charge is -2.11. The highest BCUT2D eigenvalue weighted by molar-refractivity contribution is 6.11. The van der Waals surface area contributed by atoms with Gasteiger partial charge in [0.05, 0.1) is 0 Å². The van der Waals surface area contributed by atoms with E-state index in [0.29, 0.717) is 33.4 Å². The van der Waals surface area contributed by atoms with Gasteiger partial charge in [0.1, 0.15) is 11.6 Å².